The Morgan fingerprint density at radius 3 is 1.80 bits per heavy atom. The summed E-state index contributed by atoms with van der Waals surface area (Å²) in [4.78, 5) is 0. The van der Waals surface area contributed by atoms with Gasteiger partial charge >= 0.3 is 0 Å². The van der Waals surface area contributed by atoms with E-state index >= 15 is 0 Å². The molecule has 0 atom stereocenters. The van der Waals surface area contributed by atoms with Gasteiger partial charge in [-0.2, -0.15) is 0 Å². The number of hydrogen-bond acceptors (Lipinski definition) is 3. The van der Waals surface area contributed by atoms with Crippen molar-refractivity contribution < 1.29 is 13.6 Å². The molecule has 0 aliphatic carbocycles. The molecule has 0 radical (unpaired) electrons. The Hall–Kier alpha value is -0.786. The Morgan fingerprint density at radius 1 is 0.840 bits per heavy atom. The summed E-state index contributed by atoms with van der Waals surface area (Å²) in [5, 5.41) is 0.317. The molecule has 3 nitrogen and oxygen atoms in total. The lowest BCUT2D eigenvalue weighted by atomic mass is 10.2. The van der Waals surface area contributed by atoms with E-state index in [4.69, 9.17) is 13.6 Å². The van der Waals surface area contributed by atoms with Crippen molar-refractivity contribution in [3.63, 3.8) is 0 Å². The van der Waals surface area contributed by atoms with Crippen molar-refractivity contribution in [1.29, 1.82) is 0 Å². The van der Waals surface area contributed by atoms with Gasteiger partial charge in [0.25, 0.3) is 8.32 Å². The molecule has 0 aromatic heterocycles. The molecule has 5 heteroatoms. The number of para-hydroxylation sites is 1. The largest absolute Gasteiger partial charge is 0.541 e. The van der Waals surface area contributed by atoms with Crippen molar-refractivity contribution in [2.45, 2.75) is 84.4 Å². The second kappa shape index (κ2) is 7.45. The first-order valence-corrected chi connectivity index (χ1v) is 14.9. The zero-order valence-corrected chi connectivity index (χ0v) is 20.2. The summed E-state index contributed by atoms with van der Waals surface area (Å²) in [6.45, 7) is 23.2. The Kier molecular flexibility index (Phi) is 6.63. The highest BCUT2D eigenvalue weighted by molar-refractivity contribution is 6.75. The first kappa shape index (κ1) is 22.3. The molecular weight excluding hydrogens is 344 g/mol. The van der Waals surface area contributed by atoms with Crippen molar-refractivity contribution in [1.82, 2.24) is 0 Å². The van der Waals surface area contributed by atoms with Crippen LogP contribution in [0.5, 0.6) is 11.5 Å². The standard InChI is InChI=1S/C20H38O3Si2/c1-19(2,3)24(8,9)22-15-16-13-12-14-17(21-7)18(16)23-25(10,11)20(4,5)6/h12-14H,15H2,1-11H3. The van der Waals surface area contributed by atoms with Gasteiger partial charge in [0, 0.05) is 5.56 Å². The van der Waals surface area contributed by atoms with Gasteiger partial charge in [0.2, 0.25) is 0 Å². The van der Waals surface area contributed by atoms with Crippen LogP contribution in [0.3, 0.4) is 0 Å². The molecule has 0 spiro atoms. The molecule has 0 aliphatic heterocycles. The predicted molar refractivity (Wildman–Crippen MR) is 113 cm³/mol. The van der Waals surface area contributed by atoms with Gasteiger partial charge in [0.15, 0.2) is 19.8 Å². The van der Waals surface area contributed by atoms with Gasteiger partial charge in [-0.25, -0.2) is 0 Å². The van der Waals surface area contributed by atoms with Gasteiger partial charge in [0.05, 0.1) is 13.7 Å². The molecule has 0 aliphatic rings. The summed E-state index contributed by atoms with van der Waals surface area (Å²) in [5.41, 5.74) is 1.08. The van der Waals surface area contributed by atoms with E-state index in [0.29, 0.717) is 6.61 Å². The molecule has 0 fully saturated rings. The predicted octanol–water partition coefficient (Wildman–Crippen LogP) is 6.60. The molecule has 0 bridgehead atoms. The van der Waals surface area contributed by atoms with E-state index in [2.05, 4.69) is 73.8 Å². The molecule has 1 aromatic carbocycles. The average Bonchev–Trinajstić information content (AvgIpc) is 2.43. The summed E-state index contributed by atoms with van der Waals surface area (Å²) >= 11 is 0. The number of methoxy groups -OCH3 is 1. The molecule has 0 saturated heterocycles. The number of hydrogen-bond donors (Lipinski definition) is 0. The highest BCUT2D eigenvalue weighted by Gasteiger charge is 2.41. The second-order valence-electron chi connectivity index (χ2n) is 9.86. The molecule has 0 saturated carbocycles. The van der Waals surface area contributed by atoms with Crippen LogP contribution in [0, 0.1) is 0 Å². The fourth-order valence-corrected chi connectivity index (χ4v) is 3.83. The minimum atomic E-state index is -1.96. The van der Waals surface area contributed by atoms with Gasteiger partial charge in [-0.05, 0) is 42.3 Å². The minimum absolute atomic E-state index is 0.130. The van der Waals surface area contributed by atoms with Crippen molar-refractivity contribution in [3.8, 4) is 11.5 Å². The first-order chi connectivity index (χ1) is 11.1. The third-order valence-electron chi connectivity index (χ3n) is 5.84. The quantitative estimate of drug-likeness (QED) is 0.519. The minimum Gasteiger partial charge on any atom is -0.541 e. The van der Waals surface area contributed by atoms with E-state index in [1.165, 1.54) is 0 Å². The van der Waals surface area contributed by atoms with E-state index in [9.17, 15) is 0 Å². The number of benzene rings is 1. The molecule has 1 rings (SSSR count). The Bertz CT molecular complexity index is 582. The van der Waals surface area contributed by atoms with Crippen molar-refractivity contribution in [2.24, 2.45) is 0 Å². The maximum absolute atomic E-state index is 6.62. The Labute approximate surface area is 157 Å². The third kappa shape index (κ3) is 5.34. The van der Waals surface area contributed by atoms with Crippen LogP contribution in [0.25, 0.3) is 0 Å². The van der Waals surface area contributed by atoms with Gasteiger partial charge in [-0.3, -0.25) is 0 Å². The van der Waals surface area contributed by atoms with Gasteiger partial charge in [-0.1, -0.05) is 53.7 Å². The number of rotatable bonds is 6. The third-order valence-corrected chi connectivity index (χ3v) is 14.6. The van der Waals surface area contributed by atoms with Crippen LogP contribution in [0.2, 0.25) is 36.3 Å². The highest BCUT2D eigenvalue weighted by atomic mass is 28.4. The fraction of sp³-hybridized carbons (Fsp3) is 0.700. The van der Waals surface area contributed by atoms with Crippen LogP contribution >= 0.6 is 0 Å². The van der Waals surface area contributed by atoms with Crippen molar-refractivity contribution >= 4 is 16.6 Å². The second-order valence-corrected chi connectivity index (χ2v) is 19.4. The Balaban J connectivity index is 3.18. The molecule has 1 aromatic rings. The maximum atomic E-state index is 6.62. The number of ether oxygens (including phenoxy) is 1. The fourth-order valence-electron chi connectivity index (χ4n) is 1.83. The van der Waals surface area contributed by atoms with E-state index < -0.39 is 16.6 Å². The molecule has 144 valence electrons. The SMILES string of the molecule is COc1cccc(CO[Si](C)(C)C(C)(C)C)c1O[Si](C)(C)C(C)(C)C. The van der Waals surface area contributed by atoms with Crippen LogP contribution in [0.4, 0.5) is 0 Å². The van der Waals surface area contributed by atoms with E-state index in [1.54, 1.807) is 7.11 Å². The molecular formula is C20H38O3Si2. The summed E-state index contributed by atoms with van der Waals surface area (Å²) in [7, 11) is -2.08. The van der Waals surface area contributed by atoms with Crippen LogP contribution in [-0.2, 0) is 11.0 Å². The highest BCUT2D eigenvalue weighted by Crippen LogP contribution is 2.43. The van der Waals surface area contributed by atoms with Crippen LogP contribution in [0.15, 0.2) is 18.2 Å². The van der Waals surface area contributed by atoms with E-state index in [-0.39, 0.29) is 10.1 Å². The normalized spacial score (nSPS) is 13.7. The smallest absolute Gasteiger partial charge is 0.250 e. The average molecular weight is 383 g/mol. The lowest BCUT2D eigenvalue weighted by Crippen LogP contribution is -2.44. The lowest BCUT2D eigenvalue weighted by molar-refractivity contribution is 0.271. The van der Waals surface area contributed by atoms with Gasteiger partial charge in [-0.15, -0.1) is 0 Å². The molecule has 0 amide bonds. The Morgan fingerprint density at radius 2 is 1.36 bits per heavy atom. The molecule has 0 unspecified atom stereocenters. The summed E-state index contributed by atoms with van der Waals surface area (Å²) < 4.78 is 18.7. The molecule has 25 heavy (non-hydrogen) atoms. The summed E-state index contributed by atoms with van der Waals surface area (Å²) in [6, 6.07) is 6.08. The maximum Gasteiger partial charge on any atom is 0.250 e. The topological polar surface area (TPSA) is 27.7 Å². The van der Waals surface area contributed by atoms with Crippen LogP contribution in [0.1, 0.15) is 47.1 Å². The molecule has 0 heterocycles. The monoisotopic (exact) mass is 382 g/mol. The van der Waals surface area contributed by atoms with Gasteiger partial charge < -0.3 is 13.6 Å². The zero-order valence-electron chi connectivity index (χ0n) is 18.2. The van der Waals surface area contributed by atoms with E-state index in [0.717, 1.165) is 17.1 Å². The lowest BCUT2D eigenvalue weighted by Gasteiger charge is -2.38. The van der Waals surface area contributed by atoms with E-state index in [1.807, 2.05) is 12.1 Å². The summed E-state index contributed by atoms with van der Waals surface area (Å²) in [6.07, 6.45) is 0. The zero-order chi connectivity index (χ0) is 19.7. The first-order valence-electron chi connectivity index (χ1n) is 9.11. The van der Waals surface area contributed by atoms with Crippen molar-refractivity contribution in [2.75, 3.05) is 7.11 Å². The van der Waals surface area contributed by atoms with Crippen LogP contribution < -0.4 is 9.16 Å². The molecule has 0 N–H and O–H groups in total. The summed E-state index contributed by atoms with van der Waals surface area (Å²) in [5.74, 6) is 1.65. The van der Waals surface area contributed by atoms with Crippen molar-refractivity contribution in [3.05, 3.63) is 23.8 Å². The van der Waals surface area contributed by atoms with Crippen LogP contribution in [-0.4, -0.2) is 23.7 Å². The van der Waals surface area contributed by atoms with Gasteiger partial charge in [0.1, 0.15) is 0 Å².